The third-order valence-corrected chi connectivity index (χ3v) is 5.65. The number of nitrogens with zero attached hydrogens (tertiary/aromatic N) is 1. The molecule has 1 aliphatic rings. The summed E-state index contributed by atoms with van der Waals surface area (Å²) in [5.74, 6) is 0. The van der Waals surface area contributed by atoms with Crippen LogP contribution >= 0.6 is 27.3 Å². The molecule has 1 aromatic rings. The summed E-state index contributed by atoms with van der Waals surface area (Å²) >= 11 is 5.20. The Morgan fingerprint density at radius 3 is 2.53 bits per heavy atom. The van der Waals surface area contributed by atoms with E-state index in [2.05, 4.69) is 47.1 Å². The highest BCUT2D eigenvalue weighted by Crippen LogP contribution is 2.38. The van der Waals surface area contributed by atoms with Crippen molar-refractivity contribution in [2.75, 3.05) is 14.1 Å². The van der Waals surface area contributed by atoms with Gasteiger partial charge >= 0.3 is 0 Å². The molecule has 2 nitrogen and oxygen atoms in total. The van der Waals surface area contributed by atoms with Crippen LogP contribution in [-0.2, 0) is 6.42 Å². The minimum absolute atomic E-state index is 0.00351. The topological polar surface area (TPSA) is 23.5 Å². The fourth-order valence-electron chi connectivity index (χ4n) is 2.91. The third kappa shape index (κ3) is 2.75. The van der Waals surface area contributed by atoms with Gasteiger partial charge < -0.3 is 10.0 Å². The van der Waals surface area contributed by atoms with Gasteiger partial charge in [0.25, 0.3) is 0 Å². The maximum absolute atomic E-state index is 10.6. The summed E-state index contributed by atoms with van der Waals surface area (Å²) in [5.41, 5.74) is -0.00351. The molecule has 17 heavy (non-hydrogen) atoms. The molecule has 0 aromatic carbocycles. The molecule has 0 amide bonds. The van der Waals surface area contributed by atoms with Crippen LogP contribution in [0.5, 0.6) is 0 Å². The predicted octanol–water partition coefficient (Wildman–Crippen LogP) is 3.29. The van der Waals surface area contributed by atoms with Gasteiger partial charge in [0, 0.05) is 16.8 Å². The smallest absolute Gasteiger partial charge is 0.0771 e. The second-order valence-corrected chi connectivity index (χ2v) is 7.68. The Balaban J connectivity index is 2.09. The summed E-state index contributed by atoms with van der Waals surface area (Å²) in [4.78, 5) is 3.49. The summed E-state index contributed by atoms with van der Waals surface area (Å²) in [6, 6.07) is 4.17. The van der Waals surface area contributed by atoms with Crippen molar-refractivity contribution in [1.29, 1.82) is 0 Å². The SMILES string of the molecule is CN(C)C1(C(O)Cc2ccc(Br)s2)CCCC1. The van der Waals surface area contributed by atoms with Gasteiger partial charge in [-0.2, -0.15) is 0 Å². The van der Waals surface area contributed by atoms with E-state index in [9.17, 15) is 5.11 Å². The summed E-state index contributed by atoms with van der Waals surface area (Å²) in [5, 5.41) is 10.6. The van der Waals surface area contributed by atoms with Crippen molar-refractivity contribution in [2.24, 2.45) is 0 Å². The number of rotatable bonds is 4. The molecule has 1 atom stereocenters. The maximum Gasteiger partial charge on any atom is 0.0771 e. The van der Waals surface area contributed by atoms with Crippen LogP contribution < -0.4 is 0 Å². The zero-order valence-electron chi connectivity index (χ0n) is 10.4. The van der Waals surface area contributed by atoms with Crippen molar-refractivity contribution >= 4 is 27.3 Å². The zero-order chi connectivity index (χ0) is 12.5. The fourth-order valence-corrected chi connectivity index (χ4v) is 4.43. The van der Waals surface area contributed by atoms with Crippen LogP contribution in [-0.4, -0.2) is 35.7 Å². The Bertz CT molecular complexity index is 371. The molecule has 1 N–H and O–H groups in total. The van der Waals surface area contributed by atoms with Gasteiger partial charge in [-0.1, -0.05) is 12.8 Å². The normalized spacial score (nSPS) is 21.0. The molecule has 1 fully saturated rings. The monoisotopic (exact) mass is 317 g/mol. The first-order valence-corrected chi connectivity index (χ1v) is 7.75. The summed E-state index contributed by atoms with van der Waals surface area (Å²) in [7, 11) is 4.19. The highest BCUT2D eigenvalue weighted by molar-refractivity contribution is 9.11. The Kier molecular flexibility index (Phi) is 4.29. The first-order valence-electron chi connectivity index (χ1n) is 6.14. The highest BCUT2D eigenvalue weighted by Gasteiger charge is 2.42. The summed E-state index contributed by atoms with van der Waals surface area (Å²) in [6.45, 7) is 0. The Morgan fingerprint density at radius 2 is 2.06 bits per heavy atom. The Labute approximate surface area is 116 Å². The van der Waals surface area contributed by atoms with Crippen LogP contribution in [0.1, 0.15) is 30.6 Å². The van der Waals surface area contributed by atoms with E-state index < -0.39 is 0 Å². The zero-order valence-corrected chi connectivity index (χ0v) is 12.9. The third-order valence-electron chi connectivity index (χ3n) is 4.00. The van der Waals surface area contributed by atoms with Crippen molar-refractivity contribution in [1.82, 2.24) is 4.90 Å². The van der Waals surface area contributed by atoms with Crippen molar-refractivity contribution in [2.45, 2.75) is 43.7 Å². The number of hydrogen-bond acceptors (Lipinski definition) is 3. The van der Waals surface area contributed by atoms with E-state index in [-0.39, 0.29) is 11.6 Å². The van der Waals surface area contributed by atoms with E-state index in [0.717, 1.165) is 23.0 Å². The first-order chi connectivity index (χ1) is 8.04. The van der Waals surface area contributed by atoms with Crippen LogP contribution in [0.25, 0.3) is 0 Å². The molecule has 0 radical (unpaired) electrons. The van der Waals surface area contributed by atoms with Crippen LogP contribution in [0.3, 0.4) is 0 Å². The summed E-state index contributed by atoms with van der Waals surface area (Å²) in [6.07, 6.45) is 5.23. The fraction of sp³-hybridized carbons (Fsp3) is 0.692. The van der Waals surface area contributed by atoms with Crippen molar-refractivity contribution < 1.29 is 5.11 Å². The number of halogens is 1. The van der Waals surface area contributed by atoms with Gasteiger partial charge in [0.2, 0.25) is 0 Å². The molecule has 2 rings (SSSR count). The first kappa shape index (κ1) is 13.5. The van der Waals surface area contributed by atoms with E-state index >= 15 is 0 Å². The van der Waals surface area contributed by atoms with E-state index in [1.807, 2.05) is 0 Å². The molecule has 1 heterocycles. The lowest BCUT2D eigenvalue weighted by Crippen LogP contribution is -2.52. The molecular weight excluding hydrogens is 298 g/mol. The minimum atomic E-state index is -0.259. The number of hydrogen-bond donors (Lipinski definition) is 1. The van der Waals surface area contributed by atoms with E-state index in [0.29, 0.717) is 0 Å². The maximum atomic E-state index is 10.6. The number of aliphatic hydroxyl groups is 1. The largest absolute Gasteiger partial charge is 0.391 e. The molecule has 96 valence electrons. The molecule has 1 saturated carbocycles. The van der Waals surface area contributed by atoms with E-state index in [1.54, 1.807) is 11.3 Å². The standard InChI is InChI=1S/C13H20BrNOS/c1-15(2)13(7-3-4-8-13)11(16)9-10-5-6-12(14)17-10/h5-6,11,16H,3-4,7-9H2,1-2H3. The van der Waals surface area contributed by atoms with Crippen LogP contribution in [0.15, 0.2) is 15.9 Å². The number of likely N-dealkylation sites (N-methyl/N-ethyl adjacent to an activating group) is 1. The average molecular weight is 318 g/mol. The van der Waals surface area contributed by atoms with Crippen LogP contribution in [0, 0.1) is 0 Å². The van der Waals surface area contributed by atoms with Crippen molar-refractivity contribution in [3.63, 3.8) is 0 Å². The van der Waals surface area contributed by atoms with E-state index in [4.69, 9.17) is 0 Å². The van der Waals surface area contributed by atoms with Crippen LogP contribution in [0.2, 0.25) is 0 Å². The molecule has 4 heteroatoms. The van der Waals surface area contributed by atoms with Gasteiger partial charge in [0.15, 0.2) is 0 Å². The molecule has 0 spiro atoms. The van der Waals surface area contributed by atoms with Gasteiger partial charge in [-0.25, -0.2) is 0 Å². The van der Waals surface area contributed by atoms with Gasteiger partial charge in [0.05, 0.1) is 9.89 Å². The molecule has 1 unspecified atom stereocenters. The van der Waals surface area contributed by atoms with Gasteiger partial charge in [-0.3, -0.25) is 0 Å². The Hall–Kier alpha value is 0.1000. The lowest BCUT2D eigenvalue weighted by atomic mass is 9.87. The van der Waals surface area contributed by atoms with Crippen molar-refractivity contribution in [3.05, 3.63) is 20.8 Å². The second kappa shape index (κ2) is 5.39. The predicted molar refractivity (Wildman–Crippen MR) is 76.6 cm³/mol. The lowest BCUT2D eigenvalue weighted by molar-refractivity contribution is -0.00206. The second-order valence-electron chi connectivity index (χ2n) is 5.13. The van der Waals surface area contributed by atoms with Crippen LogP contribution in [0.4, 0.5) is 0 Å². The molecule has 0 bridgehead atoms. The molecule has 1 aliphatic carbocycles. The van der Waals surface area contributed by atoms with Gasteiger partial charge in [0.1, 0.15) is 0 Å². The molecule has 0 saturated heterocycles. The number of thiophene rings is 1. The van der Waals surface area contributed by atoms with Crippen molar-refractivity contribution in [3.8, 4) is 0 Å². The highest BCUT2D eigenvalue weighted by atomic mass is 79.9. The number of aliphatic hydroxyl groups excluding tert-OH is 1. The Morgan fingerprint density at radius 1 is 1.41 bits per heavy atom. The minimum Gasteiger partial charge on any atom is -0.391 e. The molecular formula is C13H20BrNOS. The van der Waals surface area contributed by atoms with E-state index in [1.165, 1.54) is 17.7 Å². The van der Waals surface area contributed by atoms with Gasteiger partial charge in [-0.15, -0.1) is 11.3 Å². The average Bonchev–Trinajstić information content (AvgIpc) is 2.87. The quantitative estimate of drug-likeness (QED) is 0.921. The summed E-state index contributed by atoms with van der Waals surface area (Å²) < 4.78 is 1.14. The molecule has 0 aliphatic heterocycles. The van der Waals surface area contributed by atoms with Gasteiger partial charge in [-0.05, 0) is 55.0 Å². The molecule has 1 aromatic heterocycles. The lowest BCUT2D eigenvalue weighted by Gasteiger charge is -2.40.